The fourth-order valence-electron chi connectivity index (χ4n) is 1.40. The highest BCUT2D eigenvalue weighted by Gasteiger charge is 2.11. The fourth-order valence-corrected chi connectivity index (χ4v) is 2.17. The van der Waals surface area contributed by atoms with Crippen LogP contribution in [0.1, 0.15) is 18.1 Å². The summed E-state index contributed by atoms with van der Waals surface area (Å²) in [7, 11) is 1.64. The van der Waals surface area contributed by atoms with E-state index in [1.807, 2.05) is 19.1 Å². The average Bonchev–Trinajstić information content (AvgIpc) is 2.12. The quantitative estimate of drug-likeness (QED) is 0.904. The number of hydrogen-bond donors (Lipinski definition) is 1. The lowest BCUT2D eigenvalue weighted by atomic mass is 10.0. The molecule has 0 saturated heterocycles. The van der Waals surface area contributed by atoms with Crippen molar-refractivity contribution in [3.8, 4) is 5.75 Å². The van der Waals surface area contributed by atoms with Crippen LogP contribution < -0.4 is 4.74 Å². The van der Waals surface area contributed by atoms with Crippen LogP contribution >= 0.6 is 15.9 Å². The lowest BCUT2D eigenvalue weighted by molar-refractivity contribution is 0.195. The first kappa shape index (κ1) is 11.5. The van der Waals surface area contributed by atoms with Crippen molar-refractivity contribution in [2.24, 2.45) is 0 Å². The monoisotopic (exact) mass is 258 g/mol. The van der Waals surface area contributed by atoms with Gasteiger partial charge in [-0.05, 0) is 53.4 Å². The number of methoxy groups -OCH3 is 1. The summed E-state index contributed by atoms with van der Waals surface area (Å²) in [5.41, 5.74) is 2.28. The molecule has 0 saturated carbocycles. The number of ether oxygens (including phenoxy) is 1. The van der Waals surface area contributed by atoms with E-state index in [1.54, 1.807) is 14.0 Å². The first-order valence-corrected chi connectivity index (χ1v) is 5.35. The minimum Gasteiger partial charge on any atom is -0.496 e. The molecule has 14 heavy (non-hydrogen) atoms. The molecule has 1 aromatic rings. The van der Waals surface area contributed by atoms with Gasteiger partial charge in [0, 0.05) is 0 Å². The van der Waals surface area contributed by atoms with Gasteiger partial charge in [-0.25, -0.2) is 0 Å². The minimum absolute atomic E-state index is 0.336. The second kappa shape index (κ2) is 4.80. The zero-order valence-electron chi connectivity index (χ0n) is 8.67. The molecule has 0 fully saturated rings. The molecule has 0 radical (unpaired) electrons. The Morgan fingerprint density at radius 2 is 2.14 bits per heavy atom. The minimum atomic E-state index is -0.336. The number of aliphatic hydroxyl groups excluding tert-OH is 1. The van der Waals surface area contributed by atoms with E-state index >= 15 is 0 Å². The highest BCUT2D eigenvalue weighted by Crippen LogP contribution is 2.31. The van der Waals surface area contributed by atoms with Gasteiger partial charge in [0.25, 0.3) is 0 Å². The largest absolute Gasteiger partial charge is 0.496 e. The Labute approximate surface area is 93.0 Å². The van der Waals surface area contributed by atoms with Crippen molar-refractivity contribution >= 4 is 15.9 Å². The van der Waals surface area contributed by atoms with Gasteiger partial charge in [-0.3, -0.25) is 0 Å². The molecular weight excluding hydrogens is 244 g/mol. The van der Waals surface area contributed by atoms with E-state index in [9.17, 15) is 5.11 Å². The van der Waals surface area contributed by atoms with Crippen molar-refractivity contribution in [1.82, 2.24) is 0 Å². The van der Waals surface area contributed by atoms with Crippen LogP contribution in [-0.2, 0) is 6.42 Å². The third-order valence-electron chi connectivity index (χ3n) is 2.16. The number of rotatable bonds is 3. The molecule has 2 nitrogen and oxygen atoms in total. The van der Waals surface area contributed by atoms with Crippen molar-refractivity contribution in [3.05, 3.63) is 27.7 Å². The van der Waals surface area contributed by atoms with Gasteiger partial charge >= 0.3 is 0 Å². The summed E-state index contributed by atoms with van der Waals surface area (Å²) in [4.78, 5) is 0. The van der Waals surface area contributed by atoms with Crippen molar-refractivity contribution < 1.29 is 9.84 Å². The molecular formula is C11H15BrO2. The average molecular weight is 259 g/mol. The molecule has 0 spiro atoms. The van der Waals surface area contributed by atoms with Crippen molar-refractivity contribution in [1.29, 1.82) is 0 Å². The Morgan fingerprint density at radius 3 is 2.64 bits per heavy atom. The normalized spacial score (nSPS) is 12.6. The van der Waals surface area contributed by atoms with E-state index in [2.05, 4.69) is 15.9 Å². The lowest BCUT2D eigenvalue weighted by Gasteiger charge is -2.13. The molecule has 0 aromatic heterocycles. The molecule has 0 aliphatic heterocycles. The molecule has 3 heteroatoms. The van der Waals surface area contributed by atoms with E-state index in [1.165, 1.54) is 5.56 Å². The third kappa shape index (κ3) is 2.49. The van der Waals surface area contributed by atoms with Crippen molar-refractivity contribution in [2.45, 2.75) is 26.4 Å². The van der Waals surface area contributed by atoms with Gasteiger partial charge in [0.2, 0.25) is 0 Å². The fraction of sp³-hybridized carbons (Fsp3) is 0.455. The Morgan fingerprint density at radius 1 is 1.50 bits per heavy atom. The predicted octanol–water partition coefficient (Wildman–Crippen LogP) is 2.69. The Balaban J connectivity index is 3.11. The maximum absolute atomic E-state index is 9.36. The Bertz CT molecular complexity index is 321. The van der Waals surface area contributed by atoms with Crippen molar-refractivity contribution in [3.63, 3.8) is 0 Å². The molecule has 78 valence electrons. The van der Waals surface area contributed by atoms with E-state index in [0.29, 0.717) is 6.42 Å². The van der Waals surface area contributed by atoms with Gasteiger partial charge in [0.15, 0.2) is 0 Å². The van der Waals surface area contributed by atoms with Crippen LogP contribution in [0, 0.1) is 6.92 Å². The highest BCUT2D eigenvalue weighted by molar-refractivity contribution is 9.10. The molecule has 1 unspecified atom stereocenters. The van der Waals surface area contributed by atoms with Crippen LogP contribution in [0.3, 0.4) is 0 Å². The molecule has 1 aromatic carbocycles. The van der Waals surface area contributed by atoms with E-state index in [4.69, 9.17) is 4.74 Å². The molecule has 0 bridgehead atoms. The van der Waals surface area contributed by atoms with Gasteiger partial charge in [0.05, 0.1) is 17.7 Å². The molecule has 0 amide bonds. The topological polar surface area (TPSA) is 29.5 Å². The third-order valence-corrected chi connectivity index (χ3v) is 3.03. The van der Waals surface area contributed by atoms with Crippen LogP contribution in [0.4, 0.5) is 0 Å². The molecule has 0 heterocycles. The van der Waals surface area contributed by atoms with E-state index in [0.717, 1.165) is 15.8 Å². The summed E-state index contributed by atoms with van der Waals surface area (Å²) in [6, 6.07) is 3.92. The predicted molar refractivity (Wildman–Crippen MR) is 60.8 cm³/mol. The molecule has 1 N–H and O–H groups in total. The summed E-state index contributed by atoms with van der Waals surface area (Å²) in [6.07, 6.45) is 0.306. The number of aryl methyl sites for hydroxylation is 1. The zero-order chi connectivity index (χ0) is 10.7. The summed E-state index contributed by atoms with van der Waals surface area (Å²) >= 11 is 3.48. The van der Waals surface area contributed by atoms with Crippen LogP contribution in [0.5, 0.6) is 5.75 Å². The van der Waals surface area contributed by atoms with E-state index < -0.39 is 0 Å². The lowest BCUT2D eigenvalue weighted by Crippen LogP contribution is -2.07. The standard InChI is InChI=1S/C11H15BrO2/c1-7-4-5-10(14-3)11(12)9(7)6-8(2)13/h4-5,8,13H,6H2,1-3H3. The van der Waals surface area contributed by atoms with Gasteiger partial charge < -0.3 is 9.84 Å². The summed E-state index contributed by atoms with van der Waals surface area (Å²) in [5, 5.41) is 9.36. The van der Waals surface area contributed by atoms with E-state index in [-0.39, 0.29) is 6.10 Å². The summed E-state index contributed by atoms with van der Waals surface area (Å²) in [6.45, 7) is 3.81. The molecule has 1 rings (SSSR count). The Hall–Kier alpha value is -0.540. The van der Waals surface area contributed by atoms with Crippen LogP contribution in [0.25, 0.3) is 0 Å². The van der Waals surface area contributed by atoms with Crippen LogP contribution in [0.15, 0.2) is 16.6 Å². The van der Waals surface area contributed by atoms with Gasteiger partial charge in [-0.1, -0.05) is 6.07 Å². The van der Waals surface area contributed by atoms with Gasteiger partial charge in [0.1, 0.15) is 5.75 Å². The maximum Gasteiger partial charge on any atom is 0.133 e. The maximum atomic E-state index is 9.36. The number of halogens is 1. The summed E-state index contributed by atoms with van der Waals surface area (Å²) in [5.74, 6) is 0.811. The SMILES string of the molecule is COc1ccc(C)c(CC(C)O)c1Br. The smallest absolute Gasteiger partial charge is 0.133 e. The number of aliphatic hydroxyl groups is 1. The Kier molecular flexibility index (Phi) is 3.96. The van der Waals surface area contributed by atoms with Gasteiger partial charge in [-0.2, -0.15) is 0 Å². The molecule has 0 aliphatic rings. The highest BCUT2D eigenvalue weighted by atomic mass is 79.9. The summed E-state index contributed by atoms with van der Waals surface area (Å²) < 4.78 is 6.14. The van der Waals surface area contributed by atoms with Crippen LogP contribution in [-0.4, -0.2) is 18.3 Å². The zero-order valence-corrected chi connectivity index (χ0v) is 10.3. The second-order valence-corrected chi connectivity index (χ2v) is 4.22. The number of benzene rings is 1. The molecule has 0 aliphatic carbocycles. The first-order valence-electron chi connectivity index (χ1n) is 4.56. The van der Waals surface area contributed by atoms with Crippen LogP contribution in [0.2, 0.25) is 0 Å². The molecule has 1 atom stereocenters. The van der Waals surface area contributed by atoms with Gasteiger partial charge in [-0.15, -0.1) is 0 Å². The van der Waals surface area contributed by atoms with Crippen molar-refractivity contribution in [2.75, 3.05) is 7.11 Å². The first-order chi connectivity index (χ1) is 6.56. The second-order valence-electron chi connectivity index (χ2n) is 3.43. The number of hydrogen-bond acceptors (Lipinski definition) is 2.